The Bertz CT molecular complexity index is 510. The van der Waals surface area contributed by atoms with Gasteiger partial charge in [-0.25, -0.2) is 0 Å². The van der Waals surface area contributed by atoms with Gasteiger partial charge in [-0.2, -0.15) is 13.2 Å². The lowest BCUT2D eigenvalue weighted by molar-refractivity contribution is -0.137. The first-order valence-electron chi connectivity index (χ1n) is 7.04. The van der Waals surface area contributed by atoms with Gasteiger partial charge in [-0.15, -0.1) is 0 Å². The Hall–Kier alpha value is -1.82. The van der Waals surface area contributed by atoms with Crippen LogP contribution in [0.15, 0.2) is 30.3 Å². The molecule has 22 heavy (non-hydrogen) atoms. The highest BCUT2D eigenvalue weighted by Gasteiger charge is 2.30. The van der Waals surface area contributed by atoms with Crippen molar-refractivity contribution in [2.75, 3.05) is 13.2 Å². The lowest BCUT2D eigenvalue weighted by atomic mass is 10.1. The van der Waals surface area contributed by atoms with Gasteiger partial charge in [-0.1, -0.05) is 12.1 Å². The van der Waals surface area contributed by atoms with Crippen LogP contribution in [0.3, 0.4) is 0 Å². The summed E-state index contributed by atoms with van der Waals surface area (Å²) in [5, 5.41) is 2.64. The van der Waals surface area contributed by atoms with Crippen LogP contribution in [-0.2, 0) is 15.7 Å². The average molecular weight is 315 g/mol. The largest absolute Gasteiger partial charge is 0.416 e. The minimum Gasteiger partial charge on any atom is -0.379 e. The van der Waals surface area contributed by atoms with Crippen LogP contribution in [0.25, 0.3) is 6.08 Å². The van der Waals surface area contributed by atoms with Crippen LogP contribution in [0.4, 0.5) is 13.2 Å². The first-order chi connectivity index (χ1) is 10.3. The van der Waals surface area contributed by atoms with Gasteiger partial charge in [0.2, 0.25) is 5.91 Å². The fourth-order valence-corrected chi connectivity index (χ4v) is 1.65. The number of benzene rings is 1. The highest BCUT2D eigenvalue weighted by Crippen LogP contribution is 2.29. The summed E-state index contributed by atoms with van der Waals surface area (Å²) in [7, 11) is 0. The molecule has 0 bridgehead atoms. The molecule has 1 aromatic rings. The summed E-state index contributed by atoms with van der Waals surface area (Å²) in [6.07, 6.45) is -0.978. The number of carbonyl (C=O) groups is 1. The zero-order chi connectivity index (χ0) is 16.6. The monoisotopic (exact) mass is 315 g/mol. The molecule has 0 atom stereocenters. The Morgan fingerprint density at radius 1 is 1.36 bits per heavy atom. The van der Waals surface area contributed by atoms with Crippen molar-refractivity contribution in [1.82, 2.24) is 5.32 Å². The van der Waals surface area contributed by atoms with Crippen LogP contribution in [0.5, 0.6) is 0 Å². The number of alkyl halides is 3. The average Bonchev–Trinajstić information content (AvgIpc) is 2.44. The van der Waals surface area contributed by atoms with Crippen molar-refractivity contribution in [3.8, 4) is 0 Å². The lowest BCUT2D eigenvalue weighted by Crippen LogP contribution is -2.23. The summed E-state index contributed by atoms with van der Waals surface area (Å²) in [6.45, 7) is 4.86. The molecule has 0 heterocycles. The quantitative estimate of drug-likeness (QED) is 0.616. The number of rotatable bonds is 7. The molecule has 0 saturated carbocycles. The van der Waals surface area contributed by atoms with Gasteiger partial charge >= 0.3 is 6.18 Å². The van der Waals surface area contributed by atoms with Crippen LogP contribution in [-0.4, -0.2) is 25.2 Å². The van der Waals surface area contributed by atoms with E-state index in [1.165, 1.54) is 24.3 Å². The van der Waals surface area contributed by atoms with E-state index in [0.29, 0.717) is 25.1 Å². The van der Waals surface area contributed by atoms with E-state index in [1.54, 1.807) is 0 Å². The second kappa shape index (κ2) is 8.58. The van der Waals surface area contributed by atoms with E-state index in [9.17, 15) is 18.0 Å². The van der Waals surface area contributed by atoms with E-state index in [2.05, 4.69) is 5.32 Å². The zero-order valence-corrected chi connectivity index (χ0v) is 12.6. The van der Waals surface area contributed by atoms with Gasteiger partial charge < -0.3 is 10.1 Å². The number of nitrogens with one attached hydrogen (secondary N) is 1. The number of ether oxygens (including phenoxy) is 1. The molecule has 0 radical (unpaired) electrons. The molecule has 0 unspecified atom stereocenters. The van der Waals surface area contributed by atoms with Crippen molar-refractivity contribution in [2.45, 2.75) is 32.5 Å². The van der Waals surface area contributed by atoms with Gasteiger partial charge in [0.15, 0.2) is 0 Å². The summed E-state index contributed by atoms with van der Waals surface area (Å²) >= 11 is 0. The maximum atomic E-state index is 12.5. The molecule has 0 aromatic heterocycles. The number of carbonyl (C=O) groups excluding carboxylic acids is 1. The van der Waals surface area contributed by atoms with E-state index < -0.39 is 11.7 Å². The van der Waals surface area contributed by atoms with Crippen molar-refractivity contribution < 1.29 is 22.7 Å². The molecule has 0 aliphatic rings. The second-order valence-electron chi connectivity index (χ2n) is 5.02. The molecule has 0 fully saturated rings. The maximum absolute atomic E-state index is 12.5. The van der Waals surface area contributed by atoms with Crippen molar-refractivity contribution >= 4 is 12.0 Å². The van der Waals surface area contributed by atoms with Crippen LogP contribution in [0, 0.1) is 0 Å². The molecular weight excluding hydrogens is 295 g/mol. The number of hydrogen-bond acceptors (Lipinski definition) is 2. The fraction of sp³-hybridized carbons (Fsp3) is 0.438. The van der Waals surface area contributed by atoms with Crippen LogP contribution < -0.4 is 5.32 Å². The van der Waals surface area contributed by atoms with Crippen LogP contribution in [0.2, 0.25) is 0 Å². The highest BCUT2D eigenvalue weighted by molar-refractivity contribution is 5.91. The first-order valence-corrected chi connectivity index (χ1v) is 7.04. The Labute approximate surface area is 128 Å². The topological polar surface area (TPSA) is 38.3 Å². The number of halogens is 3. The van der Waals surface area contributed by atoms with Crippen LogP contribution >= 0.6 is 0 Å². The van der Waals surface area contributed by atoms with Crippen molar-refractivity contribution in [2.24, 2.45) is 0 Å². The van der Waals surface area contributed by atoms with Gasteiger partial charge in [0, 0.05) is 19.2 Å². The van der Waals surface area contributed by atoms with E-state index in [4.69, 9.17) is 4.74 Å². The Kier molecular flexibility index (Phi) is 7.11. The zero-order valence-electron chi connectivity index (χ0n) is 12.6. The van der Waals surface area contributed by atoms with Gasteiger partial charge in [0.25, 0.3) is 0 Å². The van der Waals surface area contributed by atoms with Gasteiger partial charge in [-0.3, -0.25) is 4.79 Å². The number of amides is 1. The first kappa shape index (κ1) is 18.2. The summed E-state index contributed by atoms with van der Waals surface area (Å²) in [6, 6.07) is 4.81. The van der Waals surface area contributed by atoms with Crippen molar-refractivity contribution in [1.29, 1.82) is 0 Å². The predicted octanol–water partition coefficient (Wildman–Crippen LogP) is 3.65. The van der Waals surface area contributed by atoms with E-state index in [1.807, 2.05) is 13.8 Å². The predicted molar refractivity (Wildman–Crippen MR) is 79.2 cm³/mol. The second-order valence-corrected chi connectivity index (χ2v) is 5.02. The minimum absolute atomic E-state index is 0.150. The normalized spacial score (nSPS) is 12.1. The van der Waals surface area contributed by atoms with E-state index >= 15 is 0 Å². The standard InChI is InChI=1S/C16H20F3NO2/c1-12(2)22-10-4-9-20-15(21)8-7-13-5-3-6-14(11-13)16(17,18)19/h3,5-8,11-12H,4,9-10H2,1-2H3,(H,20,21)/b8-7+. The van der Waals surface area contributed by atoms with Crippen LogP contribution in [0.1, 0.15) is 31.4 Å². The molecule has 6 heteroatoms. The molecule has 3 nitrogen and oxygen atoms in total. The molecule has 1 amide bonds. The molecule has 0 aliphatic heterocycles. The Balaban J connectivity index is 2.43. The molecule has 122 valence electrons. The summed E-state index contributed by atoms with van der Waals surface area (Å²) < 4.78 is 43.0. The molecular formula is C16H20F3NO2. The maximum Gasteiger partial charge on any atom is 0.416 e. The third-order valence-corrected chi connectivity index (χ3v) is 2.71. The SMILES string of the molecule is CC(C)OCCCNC(=O)/C=C/c1cccc(C(F)(F)F)c1. The Morgan fingerprint density at radius 3 is 2.73 bits per heavy atom. The van der Waals surface area contributed by atoms with Gasteiger partial charge in [0.05, 0.1) is 11.7 Å². The Morgan fingerprint density at radius 2 is 2.09 bits per heavy atom. The van der Waals surface area contributed by atoms with Crippen molar-refractivity contribution in [3.63, 3.8) is 0 Å². The molecule has 1 N–H and O–H groups in total. The molecule has 0 spiro atoms. The molecule has 0 aliphatic carbocycles. The third-order valence-electron chi connectivity index (χ3n) is 2.71. The third kappa shape index (κ3) is 7.26. The van der Waals surface area contributed by atoms with Crippen molar-refractivity contribution in [3.05, 3.63) is 41.5 Å². The highest BCUT2D eigenvalue weighted by atomic mass is 19.4. The minimum atomic E-state index is -4.39. The summed E-state index contributed by atoms with van der Waals surface area (Å²) in [4.78, 5) is 11.5. The smallest absolute Gasteiger partial charge is 0.379 e. The summed E-state index contributed by atoms with van der Waals surface area (Å²) in [5.41, 5.74) is -0.408. The number of hydrogen-bond donors (Lipinski definition) is 1. The van der Waals surface area contributed by atoms with Gasteiger partial charge in [0.1, 0.15) is 0 Å². The molecule has 0 saturated heterocycles. The molecule has 1 rings (SSSR count). The molecule has 1 aromatic carbocycles. The van der Waals surface area contributed by atoms with E-state index in [-0.39, 0.29) is 12.0 Å². The lowest BCUT2D eigenvalue weighted by Gasteiger charge is -2.07. The van der Waals surface area contributed by atoms with Gasteiger partial charge in [-0.05, 0) is 44.0 Å². The van der Waals surface area contributed by atoms with E-state index in [0.717, 1.165) is 12.1 Å². The summed E-state index contributed by atoms with van der Waals surface area (Å²) in [5.74, 6) is -0.345. The fourth-order valence-electron chi connectivity index (χ4n) is 1.65.